The van der Waals surface area contributed by atoms with E-state index in [1.165, 1.54) is 0 Å². The van der Waals surface area contributed by atoms with Gasteiger partial charge in [-0.1, -0.05) is 0 Å². The molecule has 0 saturated carbocycles. The van der Waals surface area contributed by atoms with Crippen molar-refractivity contribution in [2.75, 3.05) is 11.5 Å². The normalized spacial score (nSPS) is 10.5. The van der Waals surface area contributed by atoms with Gasteiger partial charge in [-0.2, -0.15) is 4.98 Å². The summed E-state index contributed by atoms with van der Waals surface area (Å²) in [5, 5.41) is 0. The Morgan fingerprint density at radius 1 is 1.36 bits per heavy atom. The van der Waals surface area contributed by atoms with Crippen LogP contribution in [-0.4, -0.2) is 9.97 Å². The molecule has 0 fully saturated rings. The fourth-order valence-corrected chi connectivity index (χ4v) is 0.587. The third-order valence-electron chi connectivity index (χ3n) is 1.10. The lowest BCUT2D eigenvalue weighted by Crippen LogP contribution is -2.03. The van der Waals surface area contributed by atoms with Crippen molar-refractivity contribution >= 4 is 11.8 Å². The van der Waals surface area contributed by atoms with Gasteiger partial charge in [-0.25, -0.2) is 13.8 Å². The molecule has 4 nitrogen and oxygen atoms in total. The highest BCUT2D eigenvalue weighted by Crippen LogP contribution is 2.22. The number of nitrogens with zero attached hydrogens (tertiary/aromatic N) is 2. The van der Waals surface area contributed by atoms with Gasteiger partial charge in [-0.3, -0.25) is 0 Å². The molecule has 11 heavy (non-hydrogen) atoms. The zero-order valence-corrected chi connectivity index (χ0v) is 5.46. The number of hydrogen-bond acceptors (Lipinski definition) is 4. The van der Waals surface area contributed by atoms with E-state index in [0.717, 1.165) is 6.20 Å². The number of anilines is 2. The van der Waals surface area contributed by atoms with Crippen LogP contribution in [0.1, 0.15) is 12.0 Å². The predicted molar refractivity (Wildman–Crippen MR) is 35.8 cm³/mol. The van der Waals surface area contributed by atoms with Crippen molar-refractivity contribution in [3.05, 3.63) is 11.8 Å². The van der Waals surface area contributed by atoms with Crippen LogP contribution in [0, 0.1) is 0 Å². The Kier molecular flexibility index (Phi) is 1.84. The summed E-state index contributed by atoms with van der Waals surface area (Å²) in [5.74, 6) is -0.376. The molecule has 60 valence electrons. The Morgan fingerprint density at radius 2 is 2.00 bits per heavy atom. The predicted octanol–water partition coefficient (Wildman–Crippen LogP) is 0.579. The molecule has 1 rings (SSSR count). The molecule has 0 aliphatic heterocycles. The van der Waals surface area contributed by atoms with Gasteiger partial charge in [-0.05, 0) is 0 Å². The quantitative estimate of drug-likeness (QED) is 0.629. The summed E-state index contributed by atoms with van der Waals surface area (Å²) in [5.41, 5.74) is 9.80. The van der Waals surface area contributed by atoms with Crippen molar-refractivity contribution in [1.82, 2.24) is 9.97 Å². The van der Waals surface area contributed by atoms with Gasteiger partial charge in [0.2, 0.25) is 5.95 Å². The van der Waals surface area contributed by atoms with Crippen LogP contribution in [0.15, 0.2) is 6.20 Å². The second kappa shape index (κ2) is 2.65. The van der Waals surface area contributed by atoms with E-state index in [4.69, 9.17) is 11.5 Å². The molecule has 4 N–H and O–H groups in total. The highest BCUT2D eigenvalue weighted by atomic mass is 19.3. The maximum absolute atomic E-state index is 12.0. The summed E-state index contributed by atoms with van der Waals surface area (Å²) in [6.45, 7) is 0. The fourth-order valence-electron chi connectivity index (χ4n) is 0.587. The van der Waals surface area contributed by atoms with E-state index in [9.17, 15) is 8.78 Å². The standard InChI is InChI=1S/C5H6F2N4/c6-3(7)2-1-10-5(9)11-4(2)8/h1,3H,(H4,8,9,10,11). The number of hydrogen-bond donors (Lipinski definition) is 2. The Bertz CT molecular complexity index is 263. The topological polar surface area (TPSA) is 77.8 Å². The summed E-state index contributed by atoms with van der Waals surface area (Å²) in [6.07, 6.45) is -1.74. The summed E-state index contributed by atoms with van der Waals surface area (Å²) < 4.78 is 23.9. The summed E-state index contributed by atoms with van der Waals surface area (Å²) in [7, 11) is 0. The molecule has 0 aliphatic rings. The van der Waals surface area contributed by atoms with Crippen LogP contribution in [0.3, 0.4) is 0 Å². The Morgan fingerprint density at radius 3 is 2.45 bits per heavy atom. The summed E-state index contributed by atoms with van der Waals surface area (Å²) >= 11 is 0. The molecule has 0 aromatic carbocycles. The highest BCUT2D eigenvalue weighted by Gasteiger charge is 2.12. The van der Waals surface area contributed by atoms with Gasteiger partial charge in [0, 0.05) is 6.20 Å². The third kappa shape index (κ3) is 1.51. The Balaban J connectivity index is 3.09. The van der Waals surface area contributed by atoms with E-state index >= 15 is 0 Å². The number of nitrogen functional groups attached to an aromatic ring is 2. The van der Waals surface area contributed by atoms with Crippen molar-refractivity contribution in [3.8, 4) is 0 Å². The maximum Gasteiger partial charge on any atom is 0.268 e. The van der Waals surface area contributed by atoms with Gasteiger partial charge < -0.3 is 11.5 Å². The van der Waals surface area contributed by atoms with Gasteiger partial charge in [-0.15, -0.1) is 0 Å². The lowest BCUT2D eigenvalue weighted by molar-refractivity contribution is 0.151. The van der Waals surface area contributed by atoms with Crippen molar-refractivity contribution in [2.45, 2.75) is 6.43 Å². The smallest absolute Gasteiger partial charge is 0.268 e. The molecular weight excluding hydrogens is 154 g/mol. The lowest BCUT2D eigenvalue weighted by Gasteiger charge is -2.01. The SMILES string of the molecule is Nc1ncc(C(F)F)c(N)n1. The molecule has 0 bridgehead atoms. The zero-order valence-electron chi connectivity index (χ0n) is 5.46. The Labute approximate surface area is 61.2 Å². The number of alkyl halides is 2. The minimum absolute atomic E-state index is 0.105. The number of rotatable bonds is 1. The van der Waals surface area contributed by atoms with Crippen LogP contribution in [-0.2, 0) is 0 Å². The average Bonchev–Trinajstić information content (AvgIpc) is 1.85. The van der Waals surface area contributed by atoms with E-state index in [-0.39, 0.29) is 17.3 Å². The van der Waals surface area contributed by atoms with Gasteiger partial charge in [0.05, 0.1) is 5.56 Å². The molecule has 0 unspecified atom stereocenters. The van der Waals surface area contributed by atoms with E-state index in [1.54, 1.807) is 0 Å². The first-order valence-electron chi connectivity index (χ1n) is 2.77. The second-order valence-corrected chi connectivity index (χ2v) is 1.87. The largest absolute Gasteiger partial charge is 0.383 e. The first-order valence-corrected chi connectivity index (χ1v) is 2.77. The number of halogens is 2. The van der Waals surface area contributed by atoms with Crippen LogP contribution in [0.2, 0.25) is 0 Å². The highest BCUT2D eigenvalue weighted by molar-refractivity contribution is 5.41. The first-order chi connectivity index (χ1) is 5.11. The zero-order chi connectivity index (χ0) is 8.43. The molecule has 0 saturated heterocycles. The molecule has 0 atom stereocenters. The molecular formula is C5H6F2N4. The van der Waals surface area contributed by atoms with E-state index < -0.39 is 6.43 Å². The molecule has 6 heteroatoms. The molecule has 1 aromatic rings. The minimum Gasteiger partial charge on any atom is -0.383 e. The van der Waals surface area contributed by atoms with Crippen LogP contribution >= 0.6 is 0 Å². The van der Waals surface area contributed by atoms with E-state index in [1.807, 2.05) is 0 Å². The maximum atomic E-state index is 12.0. The molecule has 0 amide bonds. The molecule has 0 spiro atoms. The van der Waals surface area contributed by atoms with Crippen molar-refractivity contribution in [3.63, 3.8) is 0 Å². The van der Waals surface area contributed by atoms with Gasteiger partial charge in [0.25, 0.3) is 6.43 Å². The van der Waals surface area contributed by atoms with Crippen molar-refractivity contribution in [2.24, 2.45) is 0 Å². The average molecular weight is 160 g/mol. The fraction of sp³-hybridized carbons (Fsp3) is 0.200. The molecule has 1 aromatic heterocycles. The molecule has 0 aliphatic carbocycles. The summed E-state index contributed by atoms with van der Waals surface area (Å²) in [4.78, 5) is 6.73. The van der Waals surface area contributed by atoms with Crippen molar-refractivity contribution in [1.29, 1.82) is 0 Å². The molecule has 1 heterocycles. The Hall–Kier alpha value is -1.46. The molecule has 0 radical (unpaired) electrons. The van der Waals surface area contributed by atoms with E-state index in [0.29, 0.717) is 0 Å². The van der Waals surface area contributed by atoms with Crippen LogP contribution in [0.4, 0.5) is 20.5 Å². The summed E-state index contributed by atoms with van der Waals surface area (Å²) in [6, 6.07) is 0. The number of nitrogens with two attached hydrogens (primary N) is 2. The van der Waals surface area contributed by atoms with Crippen LogP contribution < -0.4 is 11.5 Å². The van der Waals surface area contributed by atoms with Gasteiger partial charge in [0.15, 0.2) is 0 Å². The third-order valence-corrected chi connectivity index (χ3v) is 1.10. The first kappa shape index (κ1) is 7.64. The lowest BCUT2D eigenvalue weighted by atomic mass is 10.3. The monoisotopic (exact) mass is 160 g/mol. The number of aromatic nitrogens is 2. The van der Waals surface area contributed by atoms with E-state index in [2.05, 4.69) is 9.97 Å². The van der Waals surface area contributed by atoms with Crippen molar-refractivity contribution < 1.29 is 8.78 Å². The van der Waals surface area contributed by atoms with Gasteiger partial charge in [0.1, 0.15) is 5.82 Å². The van der Waals surface area contributed by atoms with Crippen LogP contribution in [0.25, 0.3) is 0 Å². The van der Waals surface area contributed by atoms with Crippen LogP contribution in [0.5, 0.6) is 0 Å². The van der Waals surface area contributed by atoms with Gasteiger partial charge >= 0.3 is 0 Å². The minimum atomic E-state index is -2.66. The second-order valence-electron chi connectivity index (χ2n) is 1.87.